The van der Waals surface area contributed by atoms with Crippen LogP contribution in [0.1, 0.15) is 214 Å². The third-order valence-electron chi connectivity index (χ3n) is 10.8. The number of esters is 2. The van der Waals surface area contributed by atoms with Gasteiger partial charge in [0.1, 0.15) is 13.2 Å². The normalized spacial score (nSPS) is 11.0. The second-order valence-electron chi connectivity index (χ2n) is 16.1. The second-order valence-corrected chi connectivity index (χ2v) is 18.3. The van der Waals surface area contributed by atoms with E-state index in [0.717, 1.165) is 48.3 Å². The Kier molecular flexibility index (Phi) is 33.4. The zero-order valence-corrected chi connectivity index (χ0v) is 39.1. The van der Waals surface area contributed by atoms with Gasteiger partial charge < -0.3 is 20.1 Å². The maximum Gasteiger partial charge on any atom is 0.305 e. The number of rotatable bonds is 39. The number of unbranched alkanes of at least 4 members (excludes halogenated alkanes) is 24. The van der Waals surface area contributed by atoms with Crippen LogP contribution in [-0.2, 0) is 19.1 Å². The molecule has 338 valence electrons. The summed E-state index contributed by atoms with van der Waals surface area (Å²) < 4.78 is 10.8. The van der Waals surface area contributed by atoms with Gasteiger partial charge >= 0.3 is 11.9 Å². The molecule has 2 amide bonds. The Morgan fingerprint density at radius 2 is 0.700 bits per heavy atom. The molecule has 10 heteroatoms. The van der Waals surface area contributed by atoms with Crippen molar-refractivity contribution in [1.29, 1.82) is 0 Å². The molecule has 8 nitrogen and oxygen atoms in total. The highest BCUT2D eigenvalue weighted by Gasteiger charge is 2.16. The molecule has 0 saturated carbocycles. The van der Waals surface area contributed by atoms with Crippen LogP contribution in [0.4, 0.5) is 0 Å². The molecule has 0 aromatic heterocycles. The average molecular weight is 869 g/mol. The summed E-state index contributed by atoms with van der Waals surface area (Å²) >= 11 is 0. The molecule has 0 fully saturated rings. The highest BCUT2D eigenvalue weighted by Crippen LogP contribution is 2.40. The first-order valence-corrected chi connectivity index (χ1v) is 26.0. The quantitative estimate of drug-likeness (QED) is 0.0388. The second kappa shape index (κ2) is 37.8. The first-order chi connectivity index (χ1) is 29.5. The lowest BCUT2D eigenvalue weighted by atomic mass is 10.0. The molecule has 0 atom stereocenters. The van der Waals surface area contributed by atoms with E-state index in [9.17, 15) is 19.2 Å². The van der Waals surface area contributed by atoms with Gasteiger partial charge in [-0.25, -0.2) is 0 Å². The van der Waals surface area contributed by atoms with Crippen molar-refractivity contribution in [2.24, 2.45) is 0 Å². The Morgan fingerprint density at radius 3 is 1.02 bits per heavy atom. The fourth-order valence-corrected chi connectivity index (χ4v) is 9.47. The number of ether oxygens (including phenoxy) is 2. The predicted molar refractivity (Wildman–Crippen MR) is 252 cm³/mol. The summed E-state index contributed by atoms with van der Waals surface area (Å²) in [4.78, 5) is 52.2. The molecule has 0 unspecified atom stereocenters. The SMILES string of the molecule is CCCCCCCCCCCCCCCC(=O)OCCNC(=O)c1ccccc1SSc1ccccc1C(=O)NCCOC(=O)CCCCCCCCCCCCCCC. The topological polar surface area (TPSA) is 111 Å². The summed E-state index contributed by atoms with van der Waals surface area (Å²) in [6.07, 6.45) is 33.6. The van der Waals surface area contributed by atoms with Crippen LogP contribution in [0.25, 0.3) is 0 Å². The van der Waals surface area contributed by atoms with Gasteiger partial charge in [0.15, 0.2) is 0 Å². The molecule has 0 aliphatic carbocycles. The molecule has 0 spiro atoms. The van der Waals surface area contributed by atoms with Gasteiger partial charge in [-0.05, 0) is 37.1 Å². The lowest BCUT2D eigenvalue weighted by Crippen LogP contribution is -2.28. The van der Waals surface area contributed by atoms with E-state index in [1.165, 1.54) is 150 Å². The molecule has 0 saturated heterocycles. The summed E-state index contributed by atoms with van der Waals surface area (Å²) in [6, 6.07) is 14.6. The van der Waals surface area contributed by atoms with E-state index >= 15 is 0 Å². The molecule has 2 aromatic carbocycles. The van der Waals surface area contributed by atoms with Crippen molar-refractivity contribution in [3.8, 4) is 0 Å². The van der Waals surface area contributed by atoms with Crippen LogP contribution < -0.4 is 10.6 Å². The molecule has 0 aliphatic rings. The standard InChI is InChI=1S/C50H80N2O6S2/c1-3-5-7-9-11-13-15-17-19-21-23-25-27-37-47(53)57-41-39-51-49(55)43-33-29-31-35-45(43)59-60-46-36-32-30-34-44(46)50(56)52-40-42-58-48(54)38-28-26-24-22-20-18-16-14-12-10-8-6-4-2/h29-36H,3-28,37-42H2,1-2H3,(H,51,55)(H,52,56). The van der Waals surface area contributed by atoms with E-state index in [2.05, 4.69) is 24.5 Å². The first-order valence-electron chi connectivity index (χ1n) is 23.9. The van der Waals surface area contributed by atoms with Crippen molar-refractivity contribution in [2.75, 3.05) is 26.3 Å². The monoisotopic (exact) mass is 869 g/mol. The van der Waals surface area contributed by atoms with Gasteiger partial charge in [0.25, 0.3) is 11.8 Å². The summed E-state index contributed by atoms with van der Waals surface area (Å²) in [5, 5.41) is 5.74. The van der Waals surface area contributed by atoms with Crippen molar-refractivity contribution in [2.45, 2.75) is 203 Å². The highest BCUT2D eigenvalue weighted by molar-refractivity contribution is 8.76. The number of benzene rings is 2. The van der Waals surface area contributed by atoms with E-state index in [-0.39, 0.29) is 50.1 Å². The van der Waals surface area contributed by atoms with Gasteiger partial charge in [-0.3, -0.25) is 19.2 Å². The number of hydrogen-bond donors (Lipinski definition) is 2. The van der Waals surface area contributed by atoms with Crippen molar-refractivity contribution in [1.82, 2.24) is 10.6 Å². The van der Waals surface area contributed by atoms with Crippen LogP contribution in [0.2, 0.25) is 0 Å². The van der Waals surface area contributed by atoms with Crippen LogP contribution in [0.5, 0.6) is 0 Å². The molecule has 0 aliphatic heterocycles. The number of hydrogen-bond acceptors (Lipinski definition) is 8. The fraction of sp³-hybridized carbons (Fsp3) is 0.680. The van der Waals surface area contributed by atoms with Gasteiger partial charge in [-0.2, -0.15) is 0 Å². The van der Waals surface area contributed by atoms with E-state index in [4.69, 9.17) is 9.47 Å². The minimum absolute atomic E-state index is 0.133. The van der Waals surface area contributed by atoms with Gasteiger partial charge in [0, 0.05) is 22.6 Å². The summed E-state index contributed by atoms with van der Waals surface area (Å²) in [5.41, 5.74) is 1.02. The van der Waals surface area contributed by atoms with Gasteiger partial charge in [-0.15, -0.1) is 0 Å². The van der Waals surface area contributed by atoms with Crippen LogP contribution in [0.15, 0.2) is 58.3 Å². The molecular formula is C50H80N2O6S2. The molecule has 2 rings (SSSR count). The molecule has 0 bridgehead atoms. The third-order valence-corrected chi connectivity index (χ3v) is 13.2. The molecule has 2 aromatic rings. The average Bonchev–Trinajstić information content (AvgIpc) is 3.26. The summed E-state index contributed by atoms with van der Waals surface area (Å²) in [6.45, 7) is 5.24. The minimum atomic E-state index is -0.249. The van der Waals surface area contributed by atoms with Crippen LogP contribution in [-0.4, -0.2) is 50.1 Å². The molecule has 0 radical (unpaired) electrons. The van der Waals surface area contributed by atoms with E-state index in [0.29, 0.717) is 24.0 Å². The lowest BCUT2D eigenvalue weighted by Gasteiger charge is -2.12. The van der Waals surface area contributed by atoms with Crippen molar-refractivity contribution in [3.63, 3.8) is 0 Å². The maximum atomic E-state index is 13.1. The number of nitrogens with one attached hydrogen (secondary N) is 2. The summed E-state index contributed by atoms with van der Waals surface area (Å²) in [7, 11) is 2.80. The van der Waals surface area contributed by atoms with E-state index in [1.807, 2.05) is 36.4 Å². The number of amides is 2. The summed E-state index contributed by atoms with van der Waals surface area (Å²) in [5.74, 6) is -0.936. The van der Waals surface area contributed by atoms with Gasteiger partial charge in [0.2, 0.25) is 0 Å². The van der Waals surface area contributed by atoms with Crippen LogP contribution in [0, 0.1) is 0 Å². The smallest absolute Gasteiger partial charge is 0.305 e. The zero-order chi connectivity index (χ0) is 43.1. The largest absolute Gasteiger partial charge is 0.464 e. The molecule has 2 N–H and O–H groups in total. The van der Waals surface area contributed by atoms with E-state index in [1.54, 1.807) is 12.1 Å². The maximum absolute atomic E-state index is 13.1. The van der Waals surface area contributed by atoms with Crippen molar-refractivity contribution < 1.29 is 28.7 Å². The lowest BCUT2D eigenvalue weighted by molar-refractivity contribution is -0.144. The fourth-order valence-electron chi connectivity index (χ4n) is 7.11. The predicted octanol–water partition coefficient (Wildman–Crippen LogP) is 14.0. The Morgan fingerprint density at radius 1 is 0.417 bits per heavy atom. The van der Waals surface area contributed by atoms with Crippen molar-refractivity contribution >= 4 is 45.3 Å². The minimum Gasteiger partial charge on any atom is -0.464 e. The molecule has 60 heavy (non-hydrogen) atoms. The van der Waals surface area contributed by atoms with Crippen LogP contribution in [0.3, 0.4) is 0 Å². The third kappa shape index (κ3) is 27.8. The number of carbonyl (C=O) groups excluding carboxylic acids is 4. The first kappa shape index (κ1) is 53.2. The van der Waals surface area contributed by atoms with Gasteiger partial charge in [-0.1, -0.05) is 214 Å². The van der Waals surface area contributed by atoms with Crippen LogP contribution >= 0.6 is 21.6 Å². The highest BCUT2D eigenvalue weighted by atomic mass is 33.1. The van der Waals surface area contributed by atoms with Crippen molar-refractivity contribution in [3.05, 3.63) is 59.7 Å². The molecule has 0 heterocycles. The zero-order valence-electron chi connectivity index (χ0n) is 37.5. The Labute approximate surface area is 372 Å². The number of carbonyl (C=O) groups is 4. The Bertz CT molecular complexity index is 1320. The Balaban J connectivity index is 1.57. The van der Waals surface area contributed by atoms with Gasteiger partial charge in [0.05, 0.1) is 24.2 Å². The Hall–Kier alpha value is -2.98. The van der Waals surface area contributed by atoms with E-state index < -0.39 is 0 Å². The molecular weight excluding hydrogens is 789 g/mol.